The quantitative estimate of drug-likeness (QED) is 0.626. The van der Waals surface area contributed by atoms with E-state index in [4.69, 9.17) is 9.47 Å². The SMILES string of the molecule is CN=C(NCCc1cc(F)cc2c1OCOC2)NCc1ccc(C)cc1C. The number of guanidine groups is 1. The molecule has 0 bridgehead atoms. The fourth-order valence-corrected chi connectivity index (χ4v) is 3.20. The van der Waals surface area contributed by atoms with Gasteiger partial charge < -0.3 is 20.1 Å². The van der Waals surface area contributed by atoms with Gasteiger partial charge in [0, 0.05) is 25.7 Å². The number of aliphatic imine (C=N–C) groups is 1. The number of nitrogens with one attached hydrogen (secondary N) is 2. The Bertz CT molecular complexity index is 836. The molecule has 0 amide bonds. The minimum atomic E-state index is -0.268. The molecule has 0 atom stereocenters. The van der Waals surface area contributed by atoms with E-state index < -0.39 is 0 Å². The van der Waals surface area contributed by atoms with Crippen LogP contribution in [0.1, 0.15) is 27.8 Å². The van der Waals surface area contributed by atoms with Gasteiger partial charge in [-0.05, 0) is 49.1 Å². The summed E-state index contributed by atoms with van der Waals surface area (Å²) in [6.07, 6.45) is 0.629. The summed E-state index contributed by atoms with van der Waals surface area (Å²) in [4.78, 5) is 4.26. The van der Waals surface area contributed by atoms with Crippen molar-refractivity contribution in [2.45, 2.75) is 33.4 Å². The van der Waals surface area contributed by atoms with Gasteiger partial charge in [0.05, 0.1) is 6.61 Å². The van der Waals surface area contributed by atoms with E-state index in [1.165, 1.54) is 28.8 Å². The maximum atomic E-state index is 13.8. The molecule has 27 heavy (non-hydrogen) atoms. The molecule has 0 saturated carbocycles. The number of fused-ring (bicyclic) bond motifs is 1. The number of nitrogens with zero attached hydrogens (tertiary/aromatic N) is 1. The Balaban J connectivity index is 1.55. The Morgan fingerprint density at radius 1 is 1.15 bits per heavy atom. The van der Waals surface area contributed by atoms with Crippen molar-refractivity contribution in [3.8, 4) is 5.75 Å². The number of ether oxygens (including phenoxy) is 2. The Morgan fingerprint density at radius 3 is 2.78 bits per heavy atom. The van der Waals surface area contributed by atoms with Crippen LogP contribution in [-0.4, -0.2) is 26.3 Å². The third kappa shape index (κ3) is 4.98. The number of hydrogen-bond donors (Lipinski definition) is 2. The van der Waals surface area contributed by atoms with Gasteiger partial charge in [0.1, 0.15) is 11.6 Å². The van der Waals surface area contributed by atoms with Gasteiger partial charge in [-0.3, -0.25) is 4.99 Å². The van der Waals surface area contributed by atoms with Gasteiger partial charge in [-0.2, -0.15) is 0 Å². The summed E-state index contributed by atoms with van der Waals surface area (Å²) < 4.78 is 24.6. The zero-order valence-electron chi connectivity index (χ0n) is 16.1. The molecule has 0 saturated heterocycles. The molecule has 0 fully saturated rings. The highest BCUT2D eigenvalue weighted by molar-refractivity contribution is 5.79. The molecule has 3 rings (SSSR count). The maximum Gasteiger partial charge on any atom is 0.191 e. The van der Waals surface area contributed by atoms with E-state index in [0.717, 1.165) is 16.9 Å². The van der Waals surface area contributed by atoms with Crippen LogP contribution in [0.25, 0.3) is 0 Å². The molecule has 6 heteroatoms. The van der Waals surface area contributed by atoms with E-state index in [2.05, 4.69) is 47.7 Å². The van der Waals surface area contributed by atoms with Crippen LogP contribution in [0.3, 0.4) is 0 Å². The largest absolute Gasteiger partial charge is 0.467 e. The first-order valence-corrected chi connectivity index (χ1v) is 9.09. The van der Waals surface area contributed by atoms with Crippen LogP contribution in [0, 0.1) is 19.7 Å². The predicted octanol–water partition coefficient (Wildman–Crippen LogP) is 3.22. The van der Waals surface area contributed by atoms with Crippen LogP contribution in [0.4, 0.5) is 4.39 Å². The number of hydrogen-bond acceptors (Lipinski definition) is 3. The average molecular weight is 371 g/mol. The first-order chi connectivity index (χ1) is 13.1. The molecule has 1 aliphatic heterocycles. The summed E-state index contributed by atoms with van der Waals surface area (Å²) in [5, 5.41) is 6.59. The van der Waals surface area contributed by atoms with Gasteiger partial charge in [-0.25, -0.2) is 4.39 Å². The summed E-state index contributed by atoms with van der Waals surface area (Å²) >= 11 is 0. The topological polar surface area (TPSA) is 54.9 Å². The lowest BCUT2D eigenvalue weighted by Gasteiger charge is -2.21. The van der Waals surface area contributed by atoms with Crippen molar-refractivity contribution < 1.29 is 13.9 Å². The second kappa shape index (κ2) is 8.86. The molecule has 2 N–H and O–H groups in total. The third-order valence-electron chi connectivity index (χ3n) is 4.61. The summed E-state index contributed by atoms with van der Waals surface area (Å²) in [5.41, 5.74) is 5.34. The summed E-state index contributed by atoms with van der Waals surface area (Å²) in [6, 6.07) is 9.40. The van der Waals surface area contributed by atoms with Crippen molar-refractivity contribution in [2.75, 3.05) is 20.4 Å². The number of halogens is 1. The summed E-state index contributed by atoms with van der Waals surface area (Å²) in [7, 11) is 1.74. The molecule has 2 aromatic rings. The zero-order chi connectivity index (χ0) is 19.2. The molecular formula is C21H26FN3O2. The van der Waals surface area contributed by atoms with E-state index >= 15 is 0 Å². The summed E-state index contributed by atoms with van der Waals surface area (Å²) in [5.74, 6) is 1.18. The van der Waals surface area contributed by atoms with Gasteiger partial charge in [-0.1, -0.05) is 23.8 Å². The van der Waals surface area contributed by atoms with E-state index in [1.807, 2.05) is 0 Å². The molecule has 0 unspecified atom stereocenters. The first-order valence-electron chi connectivity index (χ1n) is 9.09. The van der Waals surface area contributed by atoms with E-state index in [9.17, 15) is 4.39 Å². The normalized spacial score (nSPS) is 13.7. The highest BCUT2D eigenvalue weighted by Gasteiger charge is 2.16. The fourth-order valence-electron chi connectivity index (χ4n) is 3.20. The van der Waals surface area contributed by atoms with Crippen molar-refractivity contribution in [1.82, 2.24) is 10.6 Å². The lowest BCUT2D eigenvalue weighted by molar-refractivity contribution is -0.0172. The smallest absolute Gasteiger partial charge is 0.191 e. The monoisotopic (exact) mass is 371 g/mol. The van der Waals surface area contributed by atoms with Crippen LogP contribution in [0.5, 0.6) is 5.75 Å². The van der Waals surface area contributed by atoms with E-state index in [1.54, 1.807) is 7.05 Å². The Morgan fingerprint density at radius 2 is 2.00 bits per heavy atom. The lowest BCUT2D eigenvalue weighted by Crippen LogP contribution is -2.38. The van der Waals surface area contributed by atoms with E-state index in [0.29, 0.717) is 32.1 Å². The van der Waals surface area contributed by atoms with Crippen molar-refractivity contribution in [3.05, 3.63) is 64.0 Å². The minimum absolute atomic E-state index is 0.207. The van der Waals surface area contributed by atoms with Crippen molar-refractivity contribution in [1.29, 1.82) is 0 Å². The highest BCUT2D eigenvalue weighted by Crippen LogP contribution is 2.29. The van der Waals surface area contributed by atoms with Crippen molar-refractivity contribution >= 4 is 5.96 Å². The lowest BCUT2D eigenvalue weighted by atomic mass is 10.1. The number of aryl methyl sites for hydroxylation is 2. The van der Waals surface area contributed by atoms with E-state index in [-0.39, 0.29) is 12.6 Å². The van der Waals surface area contributed by atoms with Gasteiger partial charge in [0.2, 0.25) is 0 Å². The standard InChI is InChI=1S/C21H26FN3O2/c1-14-4-5-17(15(2)8-14)11-25-21(23-3)24-7-6-16-9-19(22)10-18-12-26-13-27-20(16)18/h4-5,8-10H,6-7,11-13H2,1-3H3,(H2,23,24,25). The average Bonchev–Trinajstić information content (AvgIpc) is 2.65. The second-order valence-electron chi connectivity index (χ2n) is 6.70. The Hall–Kier alpha value is -2.60. The third-order valence-corrected chi connectivity index (χ3v) is 4.61. The van der Waals surface area contributed by atoms with Crippen molar-refractivity contribution in [2.24, 2.45) is 4.99 Å². The van der Waals surface area contributed by atoms with Crippen LogP contribution < -0.4 is 15.4 Å². The van der Waals surface area contributed by atoms with Gasteiger partial charge in [0.15, 0.2) is 12.8 Å². The molecule has 5 nitrogen and oxygen atoms in total. The van der Waals surface area contributed by atoms with Gasteiger partial charge in [-0.15, -0.1) is 0 Å². The van der Waals surface area contributed by atoms with Crippen LogP contribution in [0.2, 0.25) is 0 Å². The van der Waals surface area contributed by atoms with Gasteiger partial charge >= 0.3 is 0 Å². The number of benzene rings is 2. The fraction of sp³-hybridized carbons (Fsp3) is 0.381. The van der Waals surface area contributed by atoms with Gasteiger partial charge in [0.25, 0.3) is 0 Å². The van der Waals surface area contributed by atoms with Crippen LogP contribution >= 0.6 is 0 Å². The highest BCUT2D eigenvalue weighted by atomic mass is 19.1. The zero-order valence-corrected chi connectivity index (χ0v) is 16.1. The molecular weight excluding hydrogens is 345 g/mol. The van der Waals surface area contributed by atoms with Crippen LogP contribution in [-0.2, 0) is 24.3 Å². The second-order valence-corrected chi connectivity index (χ2v) is 6.70. The minimum Gasteiger partial charge on any atom is -0.467 e. The molecule has 2 aromatic carbocycles. The Kier molecular flexibility index (Phi) is 6.29. The maximum absolute atomic E-state index is 13.8. The van der Waals surface area contributed by atoms with Crippen LogP contribution in [0.15, 0.2) is 35.3 Å². The van der Waals surface area contributed by atoms with Crippen molar-refractivity contribution in [3.63, 3.8) is 0 Å². The molecule has 0 radical (unpaired) electrons. The molecule has 144 valence electrons. The number of rotatable bonds is 5. The Labute approximate surface area is 159 Å². The molecule has 0 spiro atoms. The predicted molar refractivity (Wildman–Crippen MR) is 105 cm³/mol. The summed E-state index contributed by atoms with van der Waals surface area (Å²) in [6.45, 7) is 6.10. The molecule has 0 aliphatic carbocycles. The molecule has 1 heterocycles. The molecule has 0 aromatic heterocycles. The first kappa shape index (κ1) is 19.2. The molecule has 1 aliphatic rings.